The van der Waals surface area contributed by atoms with Crippen molar-refractivity contribution in [3.8, 4) is 0 Å². The Balaban J connectivity index is 2.03. The van der Waals surface area contributed by atoms with Crippen molar-refractivity contribution in [2.24, 2.45) is 0 Å². The minimum Gasteiger partial charge on any atom is -0.459 e. The van der Waals surface area contributed by atoms with Crippen molar-refractivity contribution in [3.05, 3.63) is 11.7 Å². The Kier molecular flexibility index (Phi) is 4.49. The summed E-state index contributed by atoms with van der Waals surface area (Å²) >= 11 is 0. The zero-order valence-electron chi connectivity index (χ0n) is 11.5. The van der Waals surface area contributed by atoms with Crippen molar-refractivity contribution in [2.45, 2.75) is 32.9 Å². The van der Waals surface area contributed by atoms with Gasteiger partial charge in [-0.1, -0.05) is 5.16 Å². The maximum Gasteiger partial charge on any atom is 0.397 e. The molecular formula is C12H19N3O4. The molecule has 1 aromatic heterocycles. The van der Waals surface area contributed by atoms with Gasteiger partial charge >= 0.3 is 11.9 Å². The van der Waals surface area contributed by atoms with Crippen LogP contribution in [-0.4, -0.2) is 53.4 Å². The van der Waals surface area contributed by atoms with E-state index in [0.29, 0.717) is 25.0 Å². The first-order valence-corrected chi connectivity index (χ1v) is 6.48. The summed E-state index contributed by atoms with van der Waals surface area (Å²) in [4.78, 5) is 17.8. The van der Waals surface area contributed by atoms with E-state index in [2.05, 4.69) is 28.9 Å². The monoisotopic (exact) mass is 269 g/mol. The highest BCUT2D eigenvalue weighted by Crippen LogP contribution is 2.21. The molecule has 7 nitrogen and oxygen atoms in total. The van der Waals surface area contributed by atoms with E-state index in [1.54, 1.807) is 6.92 Å². The summed E-state index contributed by atoms with van der Waals surface area (Å²) in [6.07, 6.45) is -0.261. The lowest BCUT2D eigenvalue weighted by atomic mass is 10.2. The Bertz CT molecular complexity index is 432. The van der Waals surface area contributed by atoms with Crippen molar-refractivity contribution in [1.82, 2.24) is 15.0 Å². The van der Waals surface area contributed by atoms with Crippen LogP contribution in [0.1, 0.15) is 43.4 Å². The van der Waals surface area contributed by atoms with E-state index < -0.39 is 5.97 Å². The van der Waals surface area contributed by atoms with Gasteiger partial charge < -0.3 is 14.0 Å². The number of morpholine rings is 1. The summed E-state index contributed by atoms with van der Waals surface area (Å²) < 4.78 is 15.3. The summed E-state index contributed by atoms with van der Waals surface area (Å²) in [6.45, 7) is 8.45. The van der Waals surface area contributed by atoms with Crippen molar-refractivity contribution in [2.75, 3.05) is 26.3 Å². The molecule has 1 atom stereocenters. The maximum atomic E-state index is 11.4. The van der Waals surface area contributed by atoms with Crippen LogP contribution >= 0.6 is 0 Å². The lowest BCUT2D eigenvalue weighted by Crippen LogP contribution is -2.42. The molecule has 0 aliphatic carbocycles. The third kappa shape index (κ3) is 3.30. The minimum atomic E-state index is -0.599. The van der Waals surface area contributed by atoms with Crippen molar-refractivity contribution in [1.29, 1.82) is 0 Å². The number of esters is 1. The summed E-state index contributed by atoms with van der Waals surface area (Å²) in [6, 6.07) is 0.433. The van der Waals surface area contributed by atoms with Gasteiger partial charge in [-0.05, 0) is 20.8 Å². The van der Waals surface area contributed by atoms with Crippen LogP contribution in [0.2, 0.25) is 0 Å². The fourth-order valence-electron chi connectivity index (χ4n) is 1.94. The maximum absolute atomic E-state index is 11.4. The highest BCUT2D eigenvalue weighted by atomic mass is 16.6. The van der Waals surface area contributed by atoms with Gasteiger partial charge in [-0.3, -0.25) is 4.90 Å². The standard InChI is InChI=1S/C12H19N3O4/c1-4-17-12(16)11-13-10(14-19-11)9-7-15(8(2)3)5-6-18-9/h8-9H,4-7H2,1-3H3. The number of carbonyl (C=O) groups excluding carboxylic acids is 1. The van der Waals surface area contributed by atoms with Gasteiger partial charge in [0.2, 0.25) is 5.82 Å². The molecule has 1 saturated heterocycles. The fraction of sp³-hybridized carbons (Fsp3) is 0.750. The molecule has 1 unspecified atom stereocenters. The van der Waals surface area contributed by atoms with Crippen LogP contribution < -0.4 is 0 Å². The van der Waals surface area contributed by atoms with Gasteiger partial charge in [-0.15, -0.1) is 0 Å². The van der Waals surface area contributed by atoms with E-state index in [4.69, 9.17) is 14.0 Å². The summed E-state index contributed by atoms with van der Waals surface area (Å²) in [5.41, 5.74) is 0. The summed E-state index contributed by atoms with van der Waals surface area (Å²) in [5.74, 6) is -0.326. The molecule has 1 aromatic rings. The number of hydrogen-bond acceptors (Lipinski definition) is 7. The molecule has 0 radical (unpaired) electrons. The SMILES string of the molecule is CCOC(=O)c1nc(C2CN(C(C)C)CCO2)no1. The zero-order valence-corrected chi connectivity index (χ0v) is 11.5. The molecule has 19 heavy (non-hydrogen) atoms. The highest BCUT2D eigenvalue weighted by Gasteiger charge is 2.28. The second-order valence-electron chi connectivity index (χ2n) is 4.63. The van der Waals surface area contributed by atoms with Crippen LogP contribution in [0.15, 0.2) is 4.52 Å². The number of hydrogen-bond donors (Lipinski definition) is 0. The van der Waals surface area contributed by atoms with Crippen molar-refractivity contribution < 1.29 is 18.8 Å². The molecule has 0 spiro atoms. The molecule has 1 aliphatic heterocycles. The van der Waals surface area contributed by atoms with Crippen LogP contribution in [0.3, 0.4) is 0 Å². The summed E-state index contributed by atoms with van der Waals surface area (Å²) in [5, 5.41) is 3.80. The second-order valence-corrected chi connectivity index (χ2v) is 4.63. The number of rotatable bonds is 4. The van der Waals surface area contributed by atoms with Crippen LogP contribution in [0, 0.1) is 0 Å². The molecule has 7 heteroatoms. The number of aromatic nitrogens is 2. The second kappa shape index (κ2) is 6.12. The lowest BCUT2D eigenvalue weighted by Gasteiger charge is -2.34. The van der Waals surface area contributed by atoms with Gasteiger partial charge in [0.25, 0.3) is 0 Å². The van der Waals surface area contributed by atoms with Crippen LogP contribution in [0.5, 0.6) is 0 Å². The van der Waals surface area contributed by atoms with E-state index in [9.17, 15) is 4.79 Å². The van der Waals surface area contributed by atoms with E-state index in [1.165, 1.54) is 0 Å². The minimum absolute atomic E-state index is 0.123. The molecule has 1 aliphatic rings. The molecule has 106 valence electrons. The first kappa shape index (κ1) is 14.0. The molecule has 2 rings (SSSR count). The number of nitrogens with zero attached hydrogens (tertiary/aromatic N) is 3. The van der Waals surface area contributed by atoms with Crippen molar-refractivity contribution in [3.63, 3.8) is 0 Å². The Hall–Kier alpha value is -1.47. The Labute approximate surface area is 111 Å². The molecular weight excluding hydrogens is 250 g/mol. The third-order valence-corrected chi connectivity index (χ3v) is 3.01. The van der Waals surface area contributed by atoms with E-state index >= 15 is 0 Å². The Morgan fingerprint density at radius 1 is 1.58 bits per heavy atom. The fourth-order valence-corrected chi connectivity index (χ4v) is 1.94. The average Bonchev–Trinajstić information content (AvgIpc) is 2.89. The van der Waals surface area contributed by atoms with Gasteiger partial charge in [0.15, 0.2) is 0 Å². The predicted molar refractivity (Wildman–Crippen MR) is 65.7 cm³/mol. The number of carbonyl (C=O) groups is 1. The van der Waals surface area contributed by atoms with E-state index in [0.717, 1.165) is 6.54 Å². The van der Waals surface area contributed by atoms with E-state index in [1.807, 2.05) is 0 Å². The van der Waals surface area contributed by atoms with Crippen molar-refractivity contribution >= 4 is 5.97 Å². The quantitative estimate of drug-likeness (QED) is 0.755. The molecule has 0 aromatic carbocycles. The Morgan fingerprint density at radius 2 is 2.37 bits per heavy atom. The molecule has 0 saturated carbocycles. The highest BCUT2D eigenvalue weighted by molar-refractivity contribution is 5.83. The van der Waals surface area contributed by atoms with Crippen LogP contribution in [0.25, 0.3) is 0 Å². The van der Waals surface area contributed by atoms with Crippen LogP contribution in [0.4, 0.5) is 0 Å². The average molecular weight is 269 g/mol. The van der Waals surface area contributed by atoms with E-state index in [-0.39, 0.29) is 18.6 Å². The van der Waals surface area contributed by atoms with Gasteiger partial charge in [0, 0.05) is 19.1 Å². The molecule has 1 fully saturated rings. The topological polar surface area (TPSA) is 77.7 Å². The van der Waals surface area contributed by atoms with Gasteiger partial charge in [-0.2, -0.15) is 4.98 Å². The van der Waals surface area contributed by atoms with Gasteiger partial charge in [-0.25, -0.2) is 4.79 Å². The normalized spacial score (nSPS) is 20.7. The molecule has 0 N–H and O–H groups in total. The zero-order chi connectivity index (χ0) is 13.8. The number of ether oxygens (including phenoxy) is 2. The van der Waals surface area contributed by atoms with Gasteiger partial charge in [0.1, 0.15) is 6.10 Å². The molecule has 2 heterocycles. The Morgan fingerprint density at radius 3 is 3.05 bits per heavy atom. The molecule has 0 amide bonds. The molecule has 0 bridgehead atoms. The van der Waals surface area contributed by atoms with Crippen LogP contribution in [-0.2, 0) is 9.47 Å². The first-order chi connectivity index (χ1) is 9.11. The first-order valence-electron chi connectivity index (χ1n) is 6.48. The summed E-state index contributed by atoms with van der Waals surface area (Å²) in [7, 11) is 0. The lowest BCUT2D eigenvalue weighted by molar-refractivity contribution is -0.0450. The largest absolute Gasteiger partial charge is 0.459 e. The predicted octanol–water partition coefficient (Wildman–Crippen LogP) is 1.03. The smallest absolute Gasteiger partial charge is 0.397 e. The third-order valence-electron chi connectivity index (χ3n) is 3.01. The van der Waals surface area contributed by atoms with Gasteiger partial charge in [0.05, 0.1) is 13.2 Å².